The average molecular weight is 386 g/mol. The van der Waals surface area contributed by atoms with Crippen molar-refractivity contribution >= 4 is 17.3 Å². The molecule has 5 nitrogen and oxygen atoms in total. The molecule has 29 heavy (non-hydrogen) atoms. The Balaban J connectivity index is 1.61. The van der Waals surface area contributed by atoms with E-state index in [-0.39, 0.29) is 18.9 Å². The Morgan fingerprint density at radius 2 is 1.72 bits per heavy atom. The second kappa shape index (κ2) is 6.85. The third kappa shape index (κ3) is 2.99. The van der Waals surface area contributed by atoms with Gasteiger partial charge >= 0.3 is 0 Å². The number of para-hydroxylation sites is 1. The molecule has 2 aliphatic heterocycles. The second-order valence-electron chi connectivity index (χ2n) is 7.63. The lowest BCUT2D eigenvalue weighted by atomic mass is 10.00. The van der Waals surface area contributed by atoms with Crippen LogP contribution in [0.25, 0.3) is 0 Å². The van der Waals surface area contributed by atoms with E-state index in [1.54, 1.807) is 0 Å². The number of hydrogen-bond acceptors (Lipinski definition) is 4. The van der Waals surface area contributed by atoms with Gasteiger partial charge in [0.15, 0.2) is 11.5 Å². The lowest BCUT2D eigenvalue weighted by Gasteiger charge is -2.38. The molecule has 1 unspecified atom stereocenters. The third-order valence-corrected chi connectivity index (χ3v) is 5.48. The van der Waals surface area contributed by atoms with Gasteiger partial charge in [-0.25, -0.2) is 0 Å². The minimum Gasteiger partial charge on any atom is -0.454 e. The van der Waals surface area contributed by atoms with Crippen LogP contribution in [0.5, 0.6) is 11.5 Å². The Labute approximate surface area is 169 Å². The Bertz CT molecular complexity index is 1080. The highest BCUT2D eigenvalue weighted by atomic mass is 16.7. The van der Waals surface area contributed by atoms with Crippen LogP contribution in [-0.4, -0.2) is 12.7 Å². The van der Waals surface area contributed by atoms with Crippen LogP contribution in [0, 0.1) is 0 Å². The molecule has 1 amide bonds. The molecule has 5 heteroatoms. The van der Waals surface area contributed by atoms with Crippen LogP contribution in [0.3, 0.4) is 0 Å². The summed E-state index contributed by atoms with van der Waals surface area (Å²) in [5.41, 5.74) is 4.52. The molecule has 0 fully saturated rings. The van der Waals surface area contributed by atoms with Crippen LogP contribution in [-0.2, 0) is 0 Å². The Kier molecular flexibility index (Phi) is 4.16. The number of hydrogen-bond donors (Lipinski definition) is 1. The van der Waals surface area contributed by atoms with E-state index in [9.17, 15) is 4.79 Å². The number of ether oxygens (including phenoxy) is 2. The number of anilines is 2. The minimum absolute atomic E-state index is 0.0284. The van der Waals surface area contributed by atoms with E-state index in [4.69, 9.17) is 9.47 Å². The van der Waals surface area contributed by atoms with Crippen molar-refractivity contribution in [3.63, 3.8) is 0 Å². The largest absolute Gasteiger partial charge is 0.454 e. The number of amides is 1. The van der Waals surface area contributed by atoms with Crippen molar-refractivity contribution in [3.05, 3.63) is 83.4 Å². The van der Waals surface area contributed by atoms with Crippen LogP contribution in [0.1, 0.15) is 47.4 Å². The Morgan fingerprint density at radius 1 is 0.966 bits per heavy atom. The van der Waals surface area contributed by atoms with Crippen LogP contribution >= 0.6 is 0 Å². The quantitative estimate of drug-likeness (QED) is 0.663. The Morgan fingerprint density at radius 3 is 2.52 bits per heavy atom. The molecule has 0 spiro atoms. The molecule has 5 rings (SSSR count). The van der Waals surface area contributed by atoms with E-state index < -0.39 is 0 Å². The van der Waals surface area contributed by atoms with Crippen LogP contribution < -0.4 is 19.7 Å². The number of nitrogens with one attached hydrogen (secondary N) is 1. The number of rotatable bonds is 3. The first-order valence-corrected chi connectivity index (χ1v) is 9.80. The predicted molar refractivity (Wildman–Crippen MR) is 113 cm³/mol. The van der Waals surface area contributed by atoms with E-state index in [2.05, 4.69) is 31.3 Å². The van der Waals surface area contributed by atoms with Crippen molar-refractivity contribution < 1.29 is 14.3 Å². The molecule has 3 aromatic rings. The maximum atomic E-state index is 13.5. The number of fused-ring (bicyclic) bond motifs is 2. The van der Waals surface area contributed by atoms with Gasteiger partial charge in [-0.15, -0.1) is 0 Å². The van der Waals surface area contributed by atoms with Crippen molar-refractivity contribution in [3.8, 4) is 11.5 Å². The SMILES string of the molecule is CC(C)c1ccc(N2C(=O)c3ccccc3NC2c2ccc3c(c2)OCO3)cc1. The van der Waals surface area contributed by atoms with Crippen LogP contribution in [0.4, 0.5) is 11.4 Å². The highest BCUT2D eigenvalue weighted by molar-refractivity contribution is 6.12. The van der Waals surface area contributed by atoms with Gasteiger partial charge < -0.3 is 14.8 Å². The summed E-state index contributed by atoms with van der Waals surface area (Å²) in [7, 11) is 0. The standard InChI is InChI=1S/C24H22N2O3/c1-15(2)16-7-10-18(11-8-16)26-23(17-9-12-21-22(13-17)29-14-28-21)25-20-6-4-3-5-19(20)24(26)27/h3-13,15,23,25H,14H2,1-2H3. The zero-order valence-electron chi connectivity index (χ0n) is 16.4. The summed E-state index contributed by atoms with van der Waals surface area (Å²) in [5, 5.41) is 3.53. The molecule has 0 saturated carbocycles. The summed E-state index contributed by atoms with van der Waals surface area (Å²) >= 11 is 0. The van der Waals surface area contributed by atoms with Crippen molar-refractivity contribution in [2.24, 2.45) is 0 Å². The lowest BCUT2D eigenvalue weighted by molar-refractivity contribution is 0.0975. The molecule has 0 aliphatic carbocycles. The Hall–Kier alpha value is -3.47. The van der Waals surface area contributed by atoms with Crippen LogP contribution in [0.15, 0.2) is 66.7 Å². The van der Waals surface area contributed by atoms with E-state index in [1.807, 2.05) is 59.5 Å². The maximum Gasteiger partial charge on any atom is 0.262 e. The number of nitrogens with zero attached hydrogens (tertiary/aromatic N) is 1. The average Bonchev–Trinajstić information content (AvgIpc) is 3.22. The number of benzene rings is 3. The van der Waals surface area contributed by atoms with Gasteiger partial charge in [-0.2, -0.15) is 0 Å². The van der Waals surface area contributed by atoms with Gasteiger partial charge in [-0.05, 0) is 53.4 Å². The third-order valence-electron chi connectivity index (χ3n) is 5.48. The highest BCUT2D eigenvalue weighted by Crippen LogP contribution is 2.40. The van der Waals surface area contributed by atoms with Crippen molar-refractivity contribution in [1.82, 2.24) is 0 Å². The first-order valence-electron chi connectivity index (χ1n) is 9.80. The fraction of sp³-hybridized carbons (Fsp3) is 0.208. The predicted octanol–water partition coefficient (Wildman–Crippen LogP) is 5.31. The molecule has 0 bridgehead atoms. The van der Waals surface area contributed by atoms with E-state index in [0.29, 0.717) is 17.2 Å². The van der Waals surface area contributed by atoms with Gasteiger partial charge in [0, 0.05) is 11.4 Å². The number of carbonyl (C=O) groups is 1. The fourth-order valence-electron chi connectivity index (χ4n) is 3.86. The normalized spacial score (nSPS) is 17.3. The summed E-state index contributed by atoms with van der Waals surface area (Å²) in [5.74, 6) is 1.83. The molecule has 0 aromatic heterocycles. The summed E-state index contributed by atoms with van der Waals surface area (Å²) in [4.78, 5) is 15.3. The zero-order valence-corrected chi connectivity index (χ0v) is 16.4. The zero-order chi connectivity index (χ0) is 20.0. The topological polar surface area (TPSA) is 50.8 Å². The van der Waals surface area contributed by atoms with E-state index in [1.165, 1.54) is 5.56 Å². The molecular weight excluding hydrogens is 364 g/mol. The van der Waals surface area contributed by atoms with Crippen molar-refractivity contribution in [2.45, 2.75) is 25.9 Å². The molecule has 2 heterocycles. The molecule has 0 saturated heterocycles. The molecule has 0 radical (unpaired) electrons. The van der Waals surface area contributed by atoms with Gasteiger partial charge in [0.1, 0.15) is 6.17 Å². The van der Waals surface area contributed by atoms with Gasteiger partial charge in [-0.3, -0.25) is 9.69 Å². The van der Waals surface area contributed by atoms with Gasteiger partial charge in [-0.1, -0.05) is 44.2 Å². The molecule has 1 N–H and O–H groups in total. The van der Waals surface area contributed by atoms with E-state index >= 15 is 0 Å². The molecule has 1 atom stereocenters. The first kappa shape index (κ1) is 17.6. The molecule has 2 aliphatic rings. The highest BCUT2D eigenvalue weighted by Gasteiger charge is 2.34. The number of carbonyl (C=O) groups excluding carboxylic acids is 1. The monoisotopic (exact) mass is 386 g/mol. The summed E-state index contributed by atoms with van der Waals surface area (Å²) < 4.78 is 11.0. The molecule has 146 valence electrons. The lowest BCUT2D eigenvalue weighted by Crippen LogP contribution is -2.43. The molecule has 3 aromatic carbocycles. The van der Waals surface area contributed by atoms with Crippen molar-refractivity contribution in [2.75, 3.05) is 17.0 Å². The van der Waals surface area contributed by atoms with Gasteiger partial charge in [0.05, 0.1) is 5.56 Å². The van der Waals surface area contributed by atoms with Crippen LogP contribution in [0.2, 0.25) is 0 Å². The minimum atomic E-state index is -0.350. The maximum absolute atomic E-state index is 13.5. The van der Waals surface area contributed by atoms with Gasteiger partial charge in [0.2, 0.25) is 6.79 Å². The van der Waals surface area contributed by atoms with Gasteiger partial charge in [0.25, 0.3) is 5.91 Å². The smallest absolute Gasteiger partial charge is 0.262 e. The fourth-order valence-corrected chi connectivity index (χ4v) is 3.86. The van der Waals surface area contributed by atoms with E-state index in [0.717, 1.165) is 22.7 Å². The summed E-state index contributed by atoms with van der Waals surface area (Å²) in [6.45, 7) is 4.54. The summed E-state index contributed by atoms with van der Waals surface area (Å²) in [6, 6.07) is 21.6. The molecular formula is C24H22N2O3. The second-order valence-corrected chi connectivity index (χ2v) is 7.63. The first-order chi connectivity index (χ1) is 14.1. The summed E-state index contributed by atoms with van der Waals surface area (Å²) in [6.07, 6.45) is -0.350. The van der Waals surface area contributed by atoms with Crippen molar-refractivity contribution in [1.29, 1.82) is 0 Å².